The molecule has 1 fully saturated rings. The number of ether oxygens (including phenoxy) is 1. The smallest absolute Gasteiger partial charge is 0.243 e. The molecule has 0 aromatic heterocycles. The van der Waals surface area contributed by atoms with Gasteiger partial charge in [-0.05, 0) is 56.7 Å². The molecule has 0 amide bonds. The molecular formula is C16H25NO3S. The van der Waals surface area contributed by atoms with E-state index in [2.05, 4.69) is 0 Å². The van der Waals surface area contributed by atoms with E-state index in [1.54, 1.807) is 13.1 Å². The molecule has 1 saturated heterocycles. The molecule has 1 aromatic rings. The third kappa shape index (κ3) is 4.05. The molecule has 1 aliphatic rings. The Morgan fingerprint density at radius 2 is 2.05 bits per heavy atom. The number of sulfonamides is 1. The van der Waals surface area contributed by atoms with E-state index in [0.717, 1.165) is 37.0 Å². The summed E-state index contributed by atoms with van der Waals surface area (Å²) in [5.74, 6) is 0. The zero-order valence-corrected chi connectivity index (χ0v) is 13.9. The van der Waals surface area contributed by atoms with Gasteiger partial charge in [0, 0.05) is 20.2 Å². The van der Waals surface area contributed by atoms with Crippen molar-refractivity contribution >= 4 is 10.0 Å². The zero-order valence-electron chi connectivity index (χ0n) is 13.1. The van der Waals surface area contributed by atoms with Crippen molar-refractivity contribution in [2.24, 2.45) is 0 Å². The van der Waals surface area contributed by atoms with Crippen LogP contribution >= 0.6 is 0 Å². The van der Waals surface area contributed by atoms with Crippen molar-refractivity contribution in [1.82, 2.24) is 4.31 Å². The van der Waals surface area contributed by atoms with E-state index in [4.69, 9.17) is 4.74 Å². The topological polar surface area (TPSA) is 46.6 Å². The fraction of sp³-hybridized carbons (Fsp3) is 0.625. The van der Waals surface area contributed by atoms with Crippen LogP contribution in [0.25, 0.3) is 0 Å². The van der Waals surface area contributed by atoms with Crippen molar-refractivity contribution in [2.75, 3.05) is 20.2 Å². The first-order valence-electron chi connectivity index (χ1n) is 7.56. The Balaban J connectivity index is 2.05. The highest BCUT2D eigenvalue weighted by Gasteiger charge is 2.24. The second-order valence-corrected chi connectivity index (χ2v) is 7.89. The summed E-state index contributed by atoms with van der Waals surface area (Å²) in [4.78, 5) is 0.412. The lowest BCUT2D eigenvalue weighted by Gasteiger charge is -2.25. The minimum absolute atomic E-state index is 0.204. The Hall–Kier alpha value is -0.910. The summed E-state index contributed by atoms with van der Waals surface area (Å²) in [5, 5.41) is 0. The molecular weight excluding hydrogens is 286 g/mol. The van der Waals surface area contributed by atoms with E-state index in [1.807, 2.05) is 26.0 Å². The highest BCUT2D eigenvalue weighted by molar-refractivity contribution is 7.89. The van der Waals surface area contributed by atoms with Crippen molar-refractivity contribution in [3.05, 3.63) is 29.3 Å². The van der Waals surface area contributed by atoms with Crippen LogP contribution in [0.3, 0.4) is 0 Å². The second-order valence-electron chi connectivity index (χ2n) is 5.87. The van der Waals surface area contributed by atoms with Crippen molar-refractivity contribution in [3.63, 3.8) is 0 Å². The zero-order chi connectivity index (χ0) is 15.5. The van der Waals surface area contributed by atoms with Crippen LogP contribution in [0.1, 0.15) is 36.8 Å². The lowest BCUT2D eigenvalue weighted by molar-refractivity contribution is 0.00950. The van der Waals surface area contributed by atoms with Gasteiger partial charge >= 0.3 is 0 Å². The van der Waals surface area contributed by atoms with E-state index in [9.17, 15) is 8.42 Å². The Morgan fingerprint density at radius 1 is 1.29 bits per heavy atom. The van der Waals surface area contributed by atoms with Crippen molar-refractivity contribution < 1.29 is 13.2 Å². The van der Waals surface area contributed by atoms with Crippen LogP contribution in [-0.2, 0) is 14.8 Å². The number of hydrogen-bond donors (Lipinski definition) is 0. The van der Waals surface area contributed by atoms with Crippen LogP contribution in [0.2, 0.25) is 0 Å². The van der Waals surface area contributed by atoms with E-state index in [-0.39, 0.29) is 6.10 Å². The highest BCUT2D eigenvalue weighted by Crippen LogP contribution is 2.22. The van der Waals surface area contributed by atoms with Crippen LogP contribution in [0.4, 0.5) is 0 Å². The molecule has 0 saturated carbocycles. The molecule has 0 radical (unpaired) electrons. The van der Waals surface area contributed by atoms with Gasteiger partial charge in [0.1, 0.15) is 0 Å². The van der Waals surface area contributed by atoms with Crippen molar-refractivity contribution in [1.29, 1.82) is 0 Å². The Morgan fingerprint density at radius 3 is 2.71 bits per heavy atom. The molecule has 1 aliphatic heterocycles. The van der Waals surface area contributed by atoms with Gasteiger partial charge in [0.15, 0.2) is 0 Å². The van der Waals surface area contributed by atoms with Gasteiger partial charge in [0.25, 0.3) is 0 Å². The van der Waals surface area contributed by atoms with Gasteiger partial charge in [-0.2, -0.15) is 0 Å². The van der Waals surface area contributed by atoms with Crippen LogP contribution < -0.4 is 0 Å². The number of aryl methyl sites for hydroxylation is 2. The Bertz CT molecular complexity index is 577. The predicted octanol–water partition coefficient (Wildman–Crippen LogP) is 2.88. The average molecular weight is 311 g/mol. The summed E-state index contributed by atoms with van der Waals surface area (Å²) >= 11 is 0. The Labute approximate surface area is 128 Å². The number of nitrogens with zero attached hydrogens (tertiary/aromatic N) is 1. The van der Waals surface area contributed by atoms with Crippen LogP contribution in [0.5, 0.6) is 0 Å². The summed E-state index contributed by atoms with van der Waals surface area (Å²) in [6, 6.07) is 5.54. The minimum Gasteiger partial charge on any atom is -0.378 e. The molecule has 0 spiro atoms. The average Bonchev–Trinajstić information content (AvgIpc) is 2.48. The van der Waals surface area contributed by atoms with Gasteiger partial charge in [0.2, 0.25) is 10.0 Å². The number of benzene rings is 1. The van der Waals surface area contributed by atoms with E-state index >= 15 is 0 Å². The largest absolute Gasteiger partial charge is 0.378 e. The van der Waals surface area contributed by atoms with Gasteiger partial charge in [-0.15, -0.1) is 0 Å². The summed E-state index contributed by atoms with van der Waals surface area (Å²) in [6.07, 6.45) is 4.30. The fourth-order valence-electron chi connectivity index (χ4n) is 2.63. The monoisotopic (exact) mass is 311 g/mol. The molecule has 4 nitrogen and oxygen atoms in total. The maximum atomic E-state index is 12.7. The van der Waals surface area contributed by atoms with Gasteiger partial charge in [-0.25, -0.2) is 12.7 Å². The summed E-state index contributed by atoms with van der Waals surface area (Å²) in [7, 11) is -1.76. The summed E-state index contributed by atoms with van der Waals surface area (Å²) in [5.41, 5.74) is 1.75. The first-order chi connectivity index (χ1) is 9.91. The molecule has 1 aromatic carbocycles. The van der Waals surface area contributed by atoms with Crippen molar-refractivity contribution in [3.8, 4) is 0 Å². The summed E-state index contributed by atoms with van der Waals surface area (Å²) < 4.78 is 32.4. The highest BCUT2D eigenvalue weighted by atomic mass is 32.2. The normalized spacial score (nSPS) is 19.9. The molecule has 1 atom stereocenters. The Kier molecular flexibility index (Phi) is 5.41. The molecule has 118 valence electrons. The first kappa shape index (κ1) is 16.5. The van der Waals surface area contributed by atoms with E-state index in [0.29, 0.717) is 11.4 Å². The second kappa shape index (κ2) is 6.90. The van der Waals surface area contributed by atoms with Crippen molar-refractivity contribution in [2.45, 2.75) is 50.5 Å². The molecule has 1 heterocycles. The minimum atomic E-state index is -3.42. The summed E-state index contributed by atoms with van der Waals surface area (Å²) in [6.45, 7) is 5.05. The van der Waals surface area contributed by atoms with Gasteiger partial charge in [-0.3, -0.25) is 0 Å². The molecule has 2 rings (SSSR count). The van der Waals surface area contributed by atoms with Crippen LogP contribution in [0.15, 0.2) is 23.1 Å². The number of rotatable bonds is 5. The molecule has 0 aliphatic carbocycles. The first-order valence-corrected chi connectivity index (χ1v) is 9.00. The third-order valence-corrected chi connectivity index (χ3v) is 6.07. The molecule has 5 heteroatoms. The quantitative estimate of drug-likeness (QED) is 0.840. The van der Waals surface area contributed by atoms with Crippen LogP contribution in [0, 0.1) is 13.8 Å². The number of hydrogen-bond acceptors (Lipinski definition) is 3. The van der Waals surface area contributed by atoms with Gasteiger partial charge < -0.3 is 4.74 Å². The maximum Gasteiger partial charge on any atom is 0.243 e. The standard InChI is InChI=1S/C16H25NO3S/c1-13-7-8-14(2)16(12-13)21(18,19)17(3)10-9-15-6-4-5-11-20-15/h7-8,12,15H,4-6,9-11H2,1-3H3. The maximum absolute atomic E-state index is 12.7. The fourth-order valence-corrected chi connectivity index (χ4v) is 4.13. The third-order valence-electron chi connectivity index (χ3n) is 4.07. The van der Waals surface area contributed by atoms with E-state index in [1.165, 1.54) is 10.7 Å². The molecule has 1 unspecified atom stereocenters. The van der Waals surface area contributed by atoms with Gasteiger partial charge in [0.05, 0.1) is 11.0 Å². The van der Waals surface area contributed by atoms with Gasteiger partial charge in [-0.1, -0.05) is 12.1 Å². The molecule has 21 heavy (non-hydrogen) atoms. The predicted molar refractivity (Wildman–Crippen MR) is 83.9 cm³/mol. The lowest BCUT2D eigenvalue weighted by atomic mass is 10.1. The van der Waals surface area contributed by atoms with E-state index < -0.39 is 10.0 Å². The lowest BCUT2D eigenvalue weighted by Crippen LogP contribution is -2.32. The molecule has 0 N–H and O–H groups in total. The van der Waals surface area contributed by atoms with Crippen LogP contribution in [-0.4, -0.2) is 39.0 Å². The SMILES string of the molecule is Cc1ccc(C)c(S(=O)(=O)N(C)CCC2CCCCO2)c1. The molecule has 0 bridgehead atoms.